The number of hydrogen-bond acceptors (Lipinski definition) is 5. The number of nitrogens with one attached hydrogen (secondary N) is 2. The lowest BCUT2D eigenvalue weighted by Gasteiger charge is -2.33. The maximum absolute atomic E-state index is 12.7. The number of piperidine rings is 1. The molecule has 2 N–H and O–H groups in total. The first kappa shape index (κ1) is 25.4. The molecule has 1 unspecified atom stereocenters. The second-order valence-corrected chi connectivity index (χ2v) is 12.0. The minimum absolute atomic E-state index is 0.0213. The molecule has 10 heteroatoms. The minimum Gasteiger partial charge on any atom is -0.342 e. The minimum atomic E-state index is -3.58. The van der Waals surface area contributed by atoms with Crippen LogP contribution in [0, 0.1) is 12.8 Å². The van der Waals surface area contributed by atoms with Gasteiger partial charge in [0.05, 0.1) is 9.79 Å². The van der Waals surface area contributed by atoms with E-state index in [1.54, 1.807) is 41.3 Å². The Morgan fingerprint density at radius 1 is 0.970 bits per heavy atom. The molecule has 0 radical (unpaired) electrons. The van der Waals surface area contributed by atoms with Crippen LogP contribution in [0.5, 0.6) is 0 Å². The Kier molecular flexibility index (Phi) is 8.28. The number of amides is 1. The van der Waals surface area contributed by atoms with Gasteiger partial charge in [0, 0.05) is 26.1 Å². The molecule has 1 heterocycles. The lowest BCUT2D eigenvalue weighted by Crippen LogP contribution is -2.43. The van der Waals surface area contributed by atoms with Gasteiger partial charge in [-0.3, -0.25) is 4.79 Å². The van der Waals surface area contributed by atoms with Crippen LogP contribution in [0.15, 0.2) is 58.3 Å². The van der Waals surface area contributed by atoms with Gasteiger partial charge in [-0.1, -0.05) is 29.8 Å². The predicted molar refractivity (Wildman–Crippen MR) is 127 cm³/mol. The SMILES string of the molecule is CNS(=O)(=O)c1ccc(CCC(=O)N2CCCC(CNS(=O)(=O)c3ccc(C)cc3)C2)cc1. The van der Waals surface area contributed by atoms with E-state index in [1.807, 2.05) is 6.92 Å². The van der Waals surface area contributed by atoms with Crippen molar-refractivity contribution in [2.24, 2.45) is 5.92 Å². The number of carbonyl (C=O) groups is 1. The van der Waals surface area contributed by atoms with Crippen molar-refractivity contribution in [1.82, 2.24) is 14.3 Å². The molecule has 0 aliphatic carbocycles. The normalized spacial score (nSPS) is 17.2. The average molecular weight is 494 g/mol. The van der Waals surface area contributed by atoms with Crippen LogP contribution < -0.4 is 9.44 Å². The van der Waals surface area contributed by atoms with Crippen molar-refractivity contribution < 1.29 is 21.6 Å². The van der Waals surface area contributed by atoms with Crippen LogP contribution in [0.25, 0.3) is 0 Å². The fourth-order valence-corrected chi connectivity index (χ4v) is 5.70. The molecule has 0 spiro atoms. The van der Waals surface area contributed by atoms with E-state index in [2.05, 4.69) is 9.44 Å². The molecule has 3 rings (SSSR count). The van der Waals surface area contributed by atoms with E-state index >= 15 is 0 Å². The molecule has 0 aromatic heterocycles. The smallest absolute Gasteiger partial charge is 0.240 e. The van der Waals surface area contributed by atoms with Crippen LogP contribution in [0.3, 0.4) is 0 Å². The summed E-state index contributed by atoms with van der Waals surface area (Å²) in [5.74, 6) is 0.0852. The van der Waals surface area contributed by atoms with Gasteiger partial charge in [-0.05, 0) is 69.0 Å². The largest absolute Gasteiger partial charge is 0.342 e. The third kappa shape index (κ3) is 6.86. The summed E-state index contributed by atoms with van der Waals surface area (Å²) in [5.41, 5.74) is 1.88. The number of sulfonamides is 2. The van der Waals surface area contributed by atoms with Gasteiger partial charge in [-0.15, -0.1) is 0 Å². The van der Waals surface area contributed by atoms with Gasteiger partial charge in [0.15, 0.2) is 0 Å². The maximum Gasteiger partial charge on any atom is 0.240 e. The monoisotopic (exact) mass is 493 g/mol. The van der Waals surface area contributed by atoms with Gasteiger partial charge < -0.3 is 4.90 Å². The van der Waals surface area contributed by atoms with Crippen LogP contribution in [-0.2, 0) is 31.3 Å². The first-order chi connectivity index (χ1) is 15.6. The molecule has 1 atom stereocenters. The number of hydrogen-bond donors (Lipinski definition) is 2. The molecule has 0 saturated carbocycles. The summed E-state index contributed by atoms with van der Waals surface area (Å²) < 4.78 is 53.6. The average Bonchev–Trinajstić information content (AvgIpc) is 2.82. The van der Waals surface area contributed by atoms with Crippen molar-refractivity contribution in [3.05, 3.63) is 59.7 Å². The van der Waals surface area contributed by atoms with Gasteiger partial charge >= 0.3 is 0 Å². The highest BCUT2D eigenvalue weighted by atomic mass is 32.2. The Balaban J connectivity index is 1.50. The number of likely N-dealkylation sites (tertiary alicyclic amines) is 1. The summed E-state index contributed by atoms with van der Waals surface area (Å²) in [7, 11) is -5.69. The van der Waals surface area contributed by atoms with Crippen LogP contribution in [0.2, 0.25) is 0 Å². The van der Waals surface area contributed by atoms with Crippen molar-refractivity contribution in [3.8, 4) is 0 Å². The molecule has 1 aliphatic heterocycles. The number of aryl methyl sites for hydroxylation is 2. The first-order valence-corrected chi connectivity index (χ1v) is 13.9. The summed E-state index contributed by atoms with van der Waals surface area (Å²) in [6, 6.07) is 13.2. The van der Waals surface area contributed by atoms with Crippen molar-refractivity contribution in [2.75, 3.05) is 26.7 Å². The van der Waals surface area contributed by atoms with Gasteiger partial charge in [-0.2, -0.15) is 0 Å². The van der Waals surface area contributed by atoms with Gasteiger partial charge in [-0.25, -0.2) is 26.3 Å². The van der Waals surface area contributed by atoms with Crippen molar-refractivity contribution in [2.45, 2.75) is 42.4 Å². The Morgan fingerprint density at radius 3 is 2.21 bits per heavy atom. The van der Waals surface area contributed by atoms with E-state index < -0.39 is 20.0 Å². The van der Waals surface area contributed by atoms with Crippen LogP contribution in [0.1, 0.15) is 30.4 Å². The topological polar surface area (TPSA) is 113 Å². The van der Waals surface area contributed by atoms with Crippen LogP contribution in [-0.4, -0.2) is 54.3 Å². The van der Waals surface area contributed by atoms with Crippen molar-refractivity contribution in [3.63, 3.8) is 0 Å². The molecule has 1 fully saturated rings. The standard InChI is InChI=1S/C23H31N3O5S2/c1-18-5-10-22(11-6-18)33(30,31)25-16-20-4-3-15-26(17-20)23(27)14-9-19-7-12-21(13-8-19)32(28,29)24-2/h5-8,10-13,20,24-25H,3-4,9,14-17H2,1-2H3. The molecule has 0 bridgehead atoms. The van der Waals surface area contributed by atoms with Gasteiger partial charge in [0.1, 0.15) is 0 Å². The van der Waals surface area contributed by atoms with E-state index in [0.717, 1.165) is 24.0 Å². The predicted octanol–water partition coefficient (Wildman–Crippen LogP) is 2.05. The van der Waals surface area contributed by atoms with Crippen molar-refractivity contribution in [1.29, 1.82) is 0 Å². The Bertz CT molecular complexity index is 1160. The number of nitrogens with zero attached hydrogens (tertiary/aromatic N) is 1. The van der Waals surface area contributed by atoms with E-state index in [0.29, 0.717) is 32.5 Å². The quantitative estimate of drug-likeness (QED) is 0.555. The number of benzene rings is 2. The fraction of sp³-hybridized carbons (Fsp3) is 0.435. The molecular weight excluding hydrogens is 462 g/mol. The molecular formula is C23H31N3O5S2. The summed E-state index contributed by atoms with van der Waals surface area (Å²) >= 11 is 0. The zero-order chi connectivity index (χ0) is 24.1. The zero-order valence-electron chi connectivity index (χ0n) is 19.0. The third-order valence-corrected chi connectivity index (χ3v) is 8.76. The van der Waals surface area contributed by atoms with Gasteiger partial charge in [0.2, 0.25) is 26.0 Å². The van der Waals surface area contributed by atoms with E-state index in [4.69, 9.17) is 0 Å². The maximum atomic E-state index is 12.7. The number of carbonyl (C=O) groups excluding carboxylic acids is 1. The lowest BCUT2D eigenvalue weighted by molar-refractivity contribution is -0.132. The summed E-state index contributed by atoms with van der Waals surface area (Å²) in [5, 5.41) is 0. The lowest BCUT2D eigenvalue weighted by atomic mass is 9.97. The summed E-state index contributed by atoms with van der Waals surface area (Å²) in [6.07, 6.45) is 2.53. The van der Waals surface area contributed by atoms with E-state index in [9.17, 15) is 21.6 Å². The molecule has 180 valence electrons. The third-order valence-electron chi connectivity index (χ3n) is 5.89. The molecule has 8 nitrogen and oxygen atoms in total. The van der Waals surface area contributed by atoms with E-state index in [1.165, 1.54) is 19.2 Å². The summed E-state index contributed by atoms with van der Waals surface area (Å²) in [6.45, 7) is 3.39. The highest BCUT2D eigenvalue weighted by Crippen LogP contribution is 2.19. The van der Waals surface area contributed by atoms with Crippen molar-refractivity contribution >= 4 is 26.0 Å². The zero-order valence-corrected chi connectivity index (χ0v) is 20.6. The van der Waals surface area contributed by atoms with E-state index in [-0.39, 0.29) is 21.6 Å². The van der Waals surface area contributed by atoms with Crippen LogP contribution >= 0.6 is 0 Å². The molecule has 2 aromatic rings. The summed E-state index contributed by atoms with van der Waals surface area (Å²) in [4.78, 5) is 15.0. The fourth-order valence-electron chi connectivity index (χ4n) is 3.85. The second-order valence-electron chi connectivity index (χ2n) is 8.36. The number of rotatable bonds is 9. The molecule has 1 saturated heterocycles. The highest BCUT2D eigenvalue weighted by molar-refractivity contribution is 7.89. The van der Waals surface area contributed by atoms with Crippen LogP contribution in [0.4, 0.5) is 0 Å². The second kappa shape index (κ2) is 10.8. The van der Waals surface area contributed by atoms with Gasteiger partial charge in [0.25, 0.3) is 0 Å². The Labute approximate surface area is 196 Å². The molecule has 2 aromatic carbocycles. The molecule has 1 aliphatic rings. The molecule has 1 amide bonds. The first-order valence-electron chi connectivity index (χ1n) is 11.0. The highest BCUT2D eigenvalue weighted by Gasteiger charge is 2.25. The molecule has 33 heavy (non-hydrogen) atoms. The Morgan fingerprint density at radius 2 is 1.58 bits per heavy atom. The Hall–Kier alpha value is -2.27.